The van der Waals surface area contributed by atoms with Crippen LogP contribution in [0.4, 0.5) is 5.69 Å². The molecule has 2 aromatic carbocycles. The number of fused-ring (bicyclic) bond motifs is 1. The van der Waals surface area contributed by atoms with E-state index in [4.69, 9.17) is 21.1 Å². The Morgan fingerprint density at radius 3 is 2.79 bits per heavy atom. The van der Waals surface area contributed by atoms with Gasteiger partial charge in [-0.05, 0) is 24.6 Å². The largest absolute Gasteiger partial charge is 0.467 e. The van der Waals surface area contributed by atoms with Gasteiger partial charge in [-0.3, -0.25) is 10.1 Å². The minimum atomic E-state index is -0.402. The topological polar surface area (TPSA) is 73.6 Å². The van der Waals surface area contributed by atoms with E-state index in [0.717, 1.165) is 11.1 Å². The van der Waals surface area contributed by atoms with E-state index in [1.807, 2.05) is 31.2 Å². The van der Waals surface area contributed by atoms with Crippen molar-refractivity contribution in [1.29, 1.82) is 0 Å². The number of halogens is 1. The third-order valence-electron chi connectivity index (χ3n) is 3.95. The lowest BCUT2D eigenvalue weighted by atomic mass is 10.1. The van der Waals surface area contributed by atoms with Crippen LogP contribution >= 0.6 is 11.6 Å². The van der Waals surface area contributed by atoms with Gasteiger partial charge >= 0.3 is 0 Å². The normalized spacial score (nSPS) is 14.6. The molecule has 0 bridgehead atoms. The molecule has 0 saturated carbocycles. The van der Waals surface area contributed by atoms with Gasteiger partial charge in [-0.1, -0.05) is 23.7 Å². The summed E-state index contributed by atoms with van der Waals surface area (Å²) in [4.78, 5) is 10.7. The lowest BCUT2D eigenvalue weighted by molar-refractivity contribution is -0.385. The molecule has 1 aliphatic heterocycles. The molecule has 0 aromatic heterocycles. The molecule has 3 rings (SSSR count). The number of rotatable bonds is 5. The maximum Gasteiger partial charge on any atom is 0.270 e. The number of hydrogen-bond donors (Lipinski definition) is 1. The Morgan fingerprint density at radius 1 is 1.33 bits per heavy atom. The molecule has 24 heavy (non-hydrogen) atoms. The summed E-state index contributed by atoms with van der Waals surface area (Å²) in [6.45, 7) is 2.95. The fourth-order valence-corrected chi connectivity index (χ4v) is 2.78. The molecule has 0 fully saturated rings. The number of ether oxygens (including phenoxy) is 2. The number of benzene rings is 2. The molecule has 1 unspecified atom stereocenters. The van der Waals surface area contributed by atoms with Crippen molar-refractivity contribution in [3.05, 3.63) is 68.2 Å². The number of nitrogens with zero attached hydrogens (tertiary/aromatic N) is 1. The summed E-state index contributed by atoms with van der Waals surface area (Å²) in [7, 11) is 0. The van der Waals surface area contributed by atoms with Gasteiger partial charge in [0.05, 0.1) is 11.5 Å². The SMILES string of the molecule is CC(NCc1cc([N+](=O)[O-])cc2c1OCOC2)c1ccc(Cl)cc1. The van der Waals surface area contributed by atoms with Crippen LogP contribution in [0.25, 0.3) is 0 Å². The second-order valence-electron chi connectivity index (χ2n) is 5.62. The lowest BCUT2D eigenvalue weighted by Gasteiger charge is -2.22. The number of nitrogens with one attached hydrogen (secondary N) is 1. The Kier molecular flexibility index (Phi) is 4.99. The summed E-state index contributed by atoms with van der Waals surface area (Å²) in [5, 5.41) is 15.2. The molecule has 1 heterocycles. The van der Waals surface area contributed by atoms with Crippen LogP contribution in [0.5, 0.6) is 5.75 Å². The smallest absolute Gasteiger partial charge is 0.270 e. The van der Waals surface area contributed by atoms with Crippen molar-refractivity contribution in [2.75, 3.05) is 6.79 Å². The van der Waals surface area contributed by atoms with E-state index >= 15 is 0 Å². The second-order valence-corrected chi connectivity index (χ2v) is 6.05. The first-order chi connectivity index (χ1) is 11.5. The van der Waals surface area contributed by atoms with Gasteiger partial charge in [0.15, 0.2) is 6.79 Å². The molecule has 0 radical (unpaired) electrons. The van der Waals surface area contributed by atoms with Crippen molar-refractivity contribution in [2.45, 2.75) is 26.1 Å². The molecule has 0 saturated heterocycles. The summed E-state index contributed by atoms with van der Waals surface area (Å²) in [5.41, 5.74) is 2.58. The van der Waals surface area contributed by atoms with Crippen LogP contribution in [0, 0.1) is 10.1 Å². The van der Waals surface area contributed by atoms with Crippen molar-refractivity contribution in [3.8, 4) is 5.75 Å². The molecule has 0 amide bonds. The summed E-state index contributed by atoms with van der Waals surface area (Å²) in [6.07, 6.45) is 0. The average Bonchev–Trinajstić information content (AvgIpc) is 2.59. The van der Waals surface area contributed by atoms with Crippen molar-refractivity contribution in [3.63, 3.8) is 0 Å². The molecule has 1 aliphatic rings. The minimum absolute atomic E-state index is 0.0406. The first-order valence-corrected chi connectivity index (χ1v) is 7.92. The summed E-state index contributed by atoms with van der Waals surface area (Å²) in [5.74, 6) is 0.669. The molecule has 0 aliphatic carbocycles. The van der Waals surface area contributed by atoms with E-state index in [0.29, 0.717) is 29.5 Å². The van der Waals surface area contributed by atoms with Crippen molar-refractivity contribution < 1.29 is 14.4 Å². The van der Waals surface area contributed by atoms with Crippen molar-refractivity contribution in [2.24, 2.45) is 0 Å². The number of hydrogen-bond acceptors (Lipinski definition) is 5. The lowest BCUT2D eigenvalue weighted by Crippen LogP contribution is -2.20. The van der Waals surface area contributed by atoms with Crippen molar-refractivity contribution >= 4 is 17.3 Å². The van der Waals surface area contributed by atoms with E-state index in [1.165, 1.54) is 6.07 Å². The predicted octanol–water partition coefficient (Wildman–Crippen LogP) is 3.97. The Balaban J connectivity index is 1.80. The van der Waals surface area contributed by atoms with Gasteiger partial charge in [0, 0.05) is 40.9 Å². The zero-order valence-electron chi connectivity index (χ0n) is 13.1. The zero-order valence-corrected chi connectivity index (χ0v) is 13.9. The number of nitro benzene ring substituents is 1. The highest BCUT2D eigenvalue weighted by Crippen LogP contribution is 2.33. The van der Waals surface area contributed by atoms with Gasteiger partial charge in [-0.15, -0.1) is 0 Å². The van der Waals surface area contributed by atoms with Crippen molar-refractivity contribution in [1.82, 2.24) is 5.32 Å². The summed E-state index contributed by atoms with van der Waals surface area (Å²) < 4.78 is 10.8. The standard InChI is InChI=1S/C17H17ClN2O4/c1-11(12-2-4-15(18)5-3-12)19-8-13-6-16(20(21)22)7-14-9-23-10-24-17(13)14/h2-7,11,19H,8-10H2,1H3. The van der Waals surface area contributed by atoms with E-state index < -0.39 is 4.92 Å². The predicted molar refractivity (Wildman–Crippen MR) is 90.1 cm³/mol. The highest BCUT2D eigenvalue weighted by molar-refractivity contribution is 6.30. The highest BCUT2D eigenvalue weighted by atomic mass is 35.5. The summed E-state index contributed by atoms with van der Waals surface area (Å²) in [6, 6.07) is 10.7. The van der Waals surface area contributed by atoms with E-state index in [9.17, 15) is 10.1 Å². The fourth-order valence-electron chi connectivity index (χ4n) is 2.65. The first kappa shape index (κ1) is 16.7. The molecule has 7 heteroatoms. The Hall–Kier alpha value is -2.15. The first-order valence-electron chi connectivity index (χ1n) is 7.54. The quantitative estimate of drug-likeness (QED) is 0.653. The number of non-ortho nitro benzene ring substituents is 1. The Labute approximate surface area is 144 Å². The van der Waals surface area contributed by atoms with Crippen LogP contribution in [-0.2, 0) is 17.9 Å². The zero-order chi connectivity index (χ0) is 17.1. The molecule has 0 spiro atoms. The maximum atomic E-state index is 11.1. The van der Waals surface area contributed by atoms with Gasteiger partial charge in [0.1, 0.15) is 5.75 Å². The van der Waals surface area contributed by atoms with Crippen LogP contribution in [0.2, 0.25) is 5.02 Å². The maximum absolute atomic E-state index is 11.1. The number of nitro groups is 1. The van der Waals surface area contributed by atoms with Crippen LogP contribution in [-0.4, -0.2) is 11.7 Å². The van der Waals surface area contributed by atoms with Gasteiger partial charge in [-0.2, -0.15) is 0 Å². The molecule has 1 atom stereocenters. The average molecular weight is 349 g/mol. The summed E-state index contributed by atoms with van der Waals surface area (Å²) >= 11 is 5.90. The molecular formula is C17H17ClN2O4. The molecule has 6 nitrogen and oxygen atoms in total. The van der Waals surface area contributed by atoms with Crippen LogP contribution in [0.15, 0.2) is 36.4 Å². The molecule has 126 valence electrons. The molecule has 1 N–H and O–H groups in total. The fraction of sp³-hybridized carbons (Fsp3) is 0.294. The monoisotopic (exact) mass is 348 g/mol. The van der Waals surface area contributed by atoms with Crippen LogP contribution < -0.4 is 10.1 Å². The third-order valence-corrected chi connectivity index (χ3v) is 4.20. The minimum Gasteiger partial charge on any atom is -0.467 e. The van der Waals surface area contributed by atoms with Gasteiger partial charge in [0.2, 0.25) is 0 Å². The third kappa shape index (κ3) is 3.67. The molecular weight excluding hydrogens is 332 g/mol. The van der Waals surface area contributed by atoms with Gasteiger partial charge in [-0.25, -0.2) is 0 Å². The Bertz CT molecular complexity index is 749. The van der Waals surface area contributed by atoms with E-state index in [-0.39, 0.29) is 18.5 Å². The van der Waals surface area contributed by atoms with E-state index in [2.05, 4.69) is 5.32 Å². The Morgan fingerprint density at radius 2 is 2.08 bits per heavy atom. The van der Waals surface area contributed by atoms with Gasteiger partial charge in [0.25, 0.3) is 5.69 Å². The second kappa shape index (κ2) is 7.17. The molecule has 2 aromatic rings. The van der Waals surface area contributed by atoms with E-state index in [1.54, 1.807) is 6.07 Å². The highest BCUT2D eigenvalue weighted by Gasteiger charge is 2.21. The van der Waals surface area contributed by atoms with Gasteiger partial charge < -0.3 is 14.8 Å². The van der Waals surface area contributed by atoms with Crippen LogP contribution in [0.1, 0.15) is 29.7 Å². The van der Waals surface area contributed by atoms with Crippen LogP contribution in [0.3, 0.4) is 0 Å².